The average Bonchev–Trinajstić information content (AvgIpc) is 2.79. The summed E-state index contributed by atoms with van der Waals surface area (Å²) >= 11 is 7.86. The lowest BCUT2D eigenvalue weighted by molar-refractivity contribution is -0.385. The van der Waals surface area contributed by atoms with Gasteiger partial charge < -0.3 is 5.32 Å². The Morgan fingerprint density at radius 1 is 1.35 bits per heavy atom. The van der Waals surface area contributed by atoms with Crippen LogP contribution in [0.2, 0.25) is 0 Å². The molecule has 20 heavy (non-hydrogen) atoms. The maximum Gasteiger partial charge on any atom is 0.274 e. The lowest BCUT2D eigenvalue weighted by Gasteiger charge is -2.07. The zero-order valence-corrected chi connectivity index (χ0v) is 14.1. The molecule has 8 heteroatoms. The van der Waals surface area contributed by atoms with Crippen molar-refractivity contribution in [1.82, 2.24) is 0 Å². The number of anilines is 1. The van der Waals surface area contributed by atoms with Gasteiger partial charge in [-0.05, 0) is 57.0 Å². The average molecular weight is 420 g/mol. The van der Waals surface area contributed by atoms with Crippen LogP contribution in [-0.4, -0.2) is 10.8 Å². The van der Waals surface area contributed by atoms with E-state index in [-0.39, 0.29) is 11.6 Å². The van der Waals surface area contributed by atoms with Gasteiger partial charge in [-0.25, -0.2) is 0 Å². The third-order valence-electron chi connectivity index (χ3n) is 2.53. The van der Waals surface area contributed by atoms with Gasteiger partial charge in [-0.15, -0.1) is 11.3 Å². The first kappa shape index (κ1) is 15.1. The van der Waals surface area contributed by atoms with Crippen LogP contribution < -0.4 is 5.32 Å². The smallest absolute Gasteiger partial charge is 0.274 e. The molecular formula is C12H8Br2N2O3S. The normalized spacial score (nSPS) is 10.3. The van der Waals surface area contributed by atoms with Crippen LogP contribution in [0.25, 0.3) is 0 Å². The van der Waals surface area contributed by atoms with Crippen LogP contribution in [-0.2, 0) is 0 Å². The summed E-state index contributed by atoms with van der Waals surface area (Å²) in [6.45, 7) is 1.64. The number of hydrogen-bond acceptors (Lipinski definition) is 4. The number of rotatable bonds is 3. The molecule has 0 aliphatic heterocycles. The van der Waals surface area contributed by atoms with Crippen molar-refractivity contribution in [2.24, 2.45) is 0 Å². The number of aryl methyl sites for hydroxylation is 1. The fraction of sp³-hybridized carbons (Fsp3) is 0.0833. The lowest BCUT2D eigenvalue weighted by atomic mass is 10.2. The molecule has 1 heterocycles. The number of nitrogens with one attached hydrogen (secondary N) is 1. The van der Waals surface area contributed by atoms with Crippen LogP contribution in [0.1, 0.15) is 15.2 Å². The van der Waals surface area contributed by atoms with Crippen LogP contribution in [0.15, 0.2) is 32.5 Å². The molecule has 0 saturated heterocycles. The number of halogens is 2. The van der Waals surface area contributed by atoms with Crippen LogP contribution in [0.5, 0.6) is 0 Å². The van der Waals surface area contributed by atoms with E-state index < -0.39 is 4.92 Å². The van der Waals surface area contributed by atoms with E-state index >= 15 is 0 Å². The van der Waals surface area contributed by atoms with Gasteiger partial charge in [0, 0.05) is 16.1 Å². The summed E-state index contributed by atoms with van der Waals surface area (Å²) in [7, 11) is 0. The molecule has 0 atom stereocenters. The minimum absolute atomic E-state index is 0.0316. The monoisotopic (exact) mass is 418 g/mol. The molecule has 0 spiro atoms. The SMILES string of the molecule is Cc1cc(Br)c(NC(=O)c2ccc(Br)s2)cc1[N+](=O)[O-]. The largest absolute Gasteiger partial charge is 0.320 e. The highest BCUT2D eigenvalue weighted by molar-refractivity contribution is 9.11. The van der Waals surface area contributed by atoms with Gasteiger partial charge in [-0.1, -0.05) is 0 Å². The van der Waals surface area contributed by atoms with E-state index in [2.05, 4.69) is 37.2 Å². The number of amides is 1. The van der Waals surface area contributed by atoms with Gasteiger partial charge in [-0.3, -0.25) is 14.9 Å². The Morgan fingerprint density at radius 3 is 2.60 bits per heavy atom. The molecule has 0 aliphatic carbocycles. The zero-order chi connectivity index (χ0) is 14.9. The van der Waals surface area contributed by atoms with Gasteiger partial charge >= 0.3 is 0 Å². The Hall–Kier alpha value is -1.25. The fourth-order valence-electron chi connectivity index (χ4n) is 1.57. The molecule has 104 valence electrons. The second kappa shape index (κ2) is 6.02. The molecule has 0 fully saturated rings. The minimum Gasteiger partial charge on any atom is -0.320 e. The van der Waals surface area contributed by atoms with Gasteiger partial charge in [0.15, 0.2) is 0 Å². The number of carbonyl (C=O) groups excluding carboxylic acids is 1. The molecule has 0 aliphatic rings. The third kappa shape index (κ3) is 3.25. The number of nitro benzene ring substituents is 1. The van der Waals surface area contributed by atoms with Gasteiger partial charge in [-0.2, -0.15) is 0 Å². The number of carbonyl (C=O) groups is 1. The lowest BCUT2D eigenvalue weighted by Crippen LogP contribution is -2.11. The molecule has 0 unspecified atom stereocenters. The quantitative estimate of drug-likeness (QED) is 0.576. The van der Waals surface area contributed by atoms with E-state index in [1.54, 1.807) is 25.1 Å². The molecule has 2 aromatic rings. The highest BCUT2D eigenvalue weighted by Crippen LogP contribution is 2.31. The van der Waals surface area contributed by atoms with E-state index in [0.29, 0.717) is 20.6 Å². The van der Waals surface area contributed by atoms with E-state index in [9.17, 15) is 14.9 Å². The molecule has 0 saturated carbocycles. The van der Waals surface area contributed by atoms with Crippen molar-refractivity contribution < 1.29 is 9.72 Å². The van der Waals surface area contributed by atoms with Crippen molar-refractivity contribution in [2.75, 3.05) is 5.32 Å². The van der Waals surface area contributed by atoms with Crippen LogP contribution in [0.4, 0.5) is 11.4 Å². The summed E-state index contributed by atoms with van der Waals surface area (Å²) in [4.78, 5) is 23.0. The second-order valence-corrected chi connectivity index (χ2v) is 7.25. The van der Waals surface area contributed by atoms with Gasteiger partial charge in [0.2, 0.25) is 0 Å². The van der Waals surface area contributed by atoms with Crippen molar-refractivity contribution in [3.05, 3.63) is 53.1 Å². The predicted octanol–water partition coefficient (Wildman–Crippen LogP) is 4.74. The second-order valence-electron chi connectivity index (χ2n) is 3.93. The Labute approximate surface area is 135 Å². The molecular weight excluding hydrogens is 412 g/mol. The maximum atomic E-state index is 12.0. The summed E-state index contributed by atoms with van der Waals surface area (Å²) in [5.41, 5.74) is 0.867. The predicted molar refractivity (Wildman–Crippen MR) is 85.5 cm³/mol. The van der Waals surface area contributed by atoms with Gasteiger partial charge in [0.25, 0.3) is 11.6 Å². The van der Waals surface area contributed by atoms with Crippen LogP contribution >= 0.6 is 43.2 Å². The Morgan fingerprint density at radius 2 is 2.05 bits per heavy atom. The molecule has 1 aromatic carbocycles. The molecule has 5 nitrogen and oxygen atoms in total. The van der Waals surface area contributed by atoms with Crippen LogP contribution in [0, 0.1) is 17.0 Å². The van der Waals surface area contributed by atoms with Crippen molar-refractivity contribution in [3.63, 3.8) is 0 Å². The number of nitro groups is 1. The minimum atomic E-state index is -0.473. The number of thiophene rings is 1. The number of nitrogens with zero attached hydrogens (tertiary/aromatic N) is 1. The molecule has 2 rings (SSSR count). The van der Waals surface area contributed by atoms with Crippen molar-refractivity contribution in [1.29, 1.82) is 0 Å². The maximum absolute atomic E-state index is 12.0. The summed E-state index contributed by atoms with van der Waals surface area (Å²) in [5.74, 6) is -0.306. The Balaban J connectivity index is 2.31. The summed E-state index contributed by atoms with van der Waals surface area (Å²) in [5, 5.41) is 13.6. The Bertz CT molecular complexity index is 700. The molecule has 1 aromatic heterocycles. The van der Waals surface area contributed by atoms with E-state index in [1.807, 2.05) is 0 Å². The molecule has 1 amide bonds. The van der Waals surface area contributed by atoms with Crippen LogP contribution in [0.3, 0.4) is 0 Å². The third-order valence-corrected chi connectivity index (χ3v) is 4.81. The molecule has 0 bridgehead atoms. The van der Waals surface area contributed by atoms with Crippen molar-refractivity contribution >= 4 is 60.5 Å². The standard InChI is InChI=1S/C12H8Br2N2O3S/c1-6-4-7(13)8(5-9(6)16(18)19)15-12(17)10-2-3-11(14)20-10/h2-5H,1H3,(H,15,17). The first-order valence-electron chi connectivity index (χ1n) is 5.39. The zero-order valence-electron chi connectivity index (χ0n) is 10.1. The highest BCUT2D eigenvalue weighted by Gasteiger charge is 2.17. The Kier molecular flexibility index (Phi) is 4.56. The van der Waals surface area contributed by atoms with Gasteiger partial charge in [0.1, 0.15) is 0 Å². The van der Waals surface area contributed by atoms with E-state index in [1.165, 1.54) is 17.4 Å². The van der Waals surface area contributed by atoms with Crippen molar-refractivity contribution in [2.45, 2.75) is 6.92 Å². The van der Waals surface area contributed by atoms with Gasteiger partial charge in [0.05, 0.1) is 19.3 Å². The molecule has 0 radical (unpaired) electrons. The number of hydrogen-bond donors (Lipinski definition) is 1. The topological polar surface area (TPSA) is 72.2 Å². The fourth-order valence-corrected chi connectivity index (χ4v) is 3.41. The summed E-state index contributed by atoms with van der Waals surface area (Å²) < 4.78 is 1.45. The molecule has 1 N–H and O–H groups in total. The van der Waals surface area contributed by atoms with E-state index in [0.717, 1.165) is 3.79 Å². The number of benzene rings is 1. The summed E-state index contributed by atoms with van der Waals surface area (Å²) in [6.07, 6.45) is 0. The summed E-state index contributed by atoms with van der Waals surface area (Å²) in [6, 6.07) is 6.41. The van der Waals surface area contributed by atoms with Crippen molar-refractivity contribution in [3.8, 4) is 0 Å². The first-order valence-corrected chi connectivity index (χ1v) is 7.80. The first-order chi connectivity index (χ1) is 9.38. The van der Waals surface area contributed by atoms with E-state index in [4.69, 9.17) is 0 Å². The highest BCUT2D eigenvalue weighted by atomic mass is 79.9.